The fourth-order valence-electron chi connectivity index (χ4n) is 2.76. The molecule has 0 unspecified atom stereocenters. The van der Waals surface area contributed by atoms with Crippen LogP contribution in [0.1, 0.15) is 27.3 Å². The largest absolute Gasteiger partial charge is 0.358 e. The average molecular weight is 366 g/mol. The molecule has 0 saturated heterocycles. The van der Waals surface area contributed by atoms with Crippen LogP contribution in [0, 0.1) is 13.8 Å². The lowest BCUT2D eigenvalue weighted by Gasteiger charge is -2.07. The molecule has 3 rings (SSSR count). The van der Waals surface area contributed by atoms with Crippen molar-refractivity contribution >= 4 is 17.5 Å². The zero-order valence-corrected chi connectivity index (χ0v) is 15.6. The highest BCUT2D eigenvalue weighted by Gasteiger charge is 2.10. The third kappa shape index (κ3) is 4.60. The van der Waals surface area contributed by atoms with E-state index in [1.807, 2.05) is 42.8 Å². The van der Waals surface area contributed by atoms with E-state index in [0.717, 1.165) is 17.0 Å². The molecule has 0 bridgehead atoms. The third-order valence-corrected chi connectivity index (χ3v) is 4.10. The molecule has 0 fully saturated rings. The van der Waals surface area contributed by atoms with Crippen LogP contribution in [0.15, 0.2) is 42.7 Å². The molecule has 0 aliphatic heterocycles. The van der Waals surface area contributed by atoms with Crippen LogP contribution in [0.5, 0.6) is 0 Å². The van der Waals surface area contributed by atoms with Gasteiger partial charge < -0.3 is 10.6 Å². The molecule has 0 saturated carbocycles. The van der Waals surface area contributed by atoms with Crippen molar-refractivity contribution in [3.8, 4) is 0 Å². The van der Waals surface area contributed by atoms with Crippen molar-refractivity contribution in [2.75, 3.05) is 12.4 Å². The van der Waals surface area contributed by atoms with Gasteiger partial charge in [0.15, 0.2) is 0 Å². The van der Waals surface area contributed by atoms with E-state index in [9.17, 15) is 9.59 Å². The summed E-state index contributed by atoms with van der Waals surface area (Å²) in [5.41, 5.74) is 4.12. The molecule has 8 nitrogen and oxygen atoms in total. The molecular formula is C19H22N6O2. The Hall–Kier alpha value is -3.42. The Balaban J connectivity index is 1.68. The second-order valence-electron chi connectivity index (χ2n) is 6.34. The van der Waals surface area contributed by atoms with Gasteiger partial charge >= 0.3 is 0 Å². The van der Waals surface area contributed by atoms with Crippen LogP contribution in [0.4, 0.5) is 5.69 Å². The molecule has 1 aromatic carbocycles. The van der Waals surface area contributed by atoms with E-state index < -0.39 is 0 Å². The van der Waals surface area contributed by atoms with Crippen molar-refractivity contribution in [2.45, 2.75) is 26.9 Å². The Kier molecular flexibility index (Phi) is 5.35. The number of hydrogen-bond acceptors (Lipinski definition) is 4. The summed E-state index contributed by atoms with van der Waals surface area (Å²) in [5, 5.41) is 13.8. The van der Waals surface area contributed by atoms with Crippen molar-refractivity contribution < 1.29 is 9.59 Å². The van der Waals surface area contributed by atoms with E-state index in [0.29, 0.717) is 17.8 Å². The summed E-state index contributed by atoms with van der Waals surface area (Å²) in [6.07, 6.45) is 3.13. The van der Waals surface area contributed by atoms with Gasteiger partial charge in [0.05, 0.1) is 24.1 Å². The molecule has 0 atom stereocenters. The number of amides is 2. The number of nitrogens with zero attached hydrogens (tertiary/aromatic N) is 4. The highest BCUT2D eigenvalue weighted by molar-refractivity contribution is 6.04. The second kappa shape index (κ2) is 7.86. The summed E-state index contributed by atoms with van der Waals surface area (Å²) in [6.45, 7) is 4.67. The lowest BCUT2D eigenvalue weighted by Crippen LogP contribution is -2.23. The molecule has 0 spiro atoms. The molecule has 0 aliphatic carbocycles. The van der Waals surface area contributed by atoms with Crippen LogP contribution in [0.3, 0.4) is 0 Å². The highest BCUT2D eigenvalue weighted by Crippen LogP contribution is 2.12. The molecule has 3 aromatic rings. The number of aromatic nitrogens is 4. The summed E-state index contributed by atoms with van der Waals surface area (Å²) in [5.74, 6) is -0.391. The molecule has 0 aliphatic rings. The standard InChI is InChI=1S/C19H22N6O2/c1-13-7-14(2)25(23-13)10-15-5-4-6-16(8-15)19(27)22-17-9-21-24(11-17)12-18(26)20-3/h4-9,11H,10,12H2,1-3H3,(H,20,26)(H,22,27). The summed E-state index contributed by atoms with van der Waals surface area (Å²) in [6, 6.07) is 9.45. The van der Waals surface area contributed by atoms with E-state index in [-0.39, 0.29) is 18.4 Å². The molecule has 27 heavy (non-hydrogen) atoms. The van der Waals surface area contributed by atoms with Crippen LogP contribution in [0.2, 0.25) is 0 Å². The lowest BCUT2D eigenvalue weighted by atomic mass is 10.1. The first-order chi connectivity index (χ1) is 12.9. The predicted octanol–water partition coefficient (Wildman–Crippen LogP) is 1.74. The van der Waals surface area contributed by atoms with Gasteiger partial charge in [-0.1, -0.05) is 12.1 Å². The molecular weight excluding hydrogens is 344 g/mol. The first kappa shape index (κ1) is 18.4. The number of likely N-dealkylation sites (N-methyl/N-ethyl adjacent to an activating group) is 1. The van der Waals surface area contributed by atoms with Crippen molar-refractivity contribution in [2.24, 2.45) is 0 Å². The van der Waals surface area contributed by atoms with Gasteiger partial charge in [0.25, 0.3) is 5.91 Å². The molecule has 0 radical (unpaired) electrons. The number of carbonyl (C=O) groups excluding carboxylic acids is 2. The van der Waals surface area contributed by atoms with Crippen molar-refractivity contribution in [1.82, 2.24) is 24.9 Å². The van der Waals surface area contributed by atoms with E-state index in [1.165, 1.54) is 10.9 Å². The minimum absolute atomic E-state index is 0.102. The van der Waals surface area contributed by atoms with Gasteiger partial charge in [-0.15, -0.1) is 0 Å². The topological polar surface area (TPSA) is 93.8 Å². The van der Waals surface area contributed by atoms with Crippen LogP contribution in [-0.2, 0) is 17.9 Å². The quantitative estimate of drug-likeness (QED) is 0.695. The normalized spacial score (nSPS) is 10.6. The summed E-state index contributed by atoms with van der Waals surface area (Å²) in [7, 11) is 1.56. The van der Waals surface area contributed by atoms with Crippen LogP contribution in [-0.4, -0.2) is 38.4 Å². The van der Waals surface area contributed by atoms with Gasteiger partial charge in [0.2, 0.25) is 5.91 Å². The van der Waals surface area contributed by atoms with Gasteiger partial charge in [-0.25, -0.2) is 0 Å². The maximum absolute atomic E-state index is 12.5. The summed E-state index contributed by atoms with van der Waals surface area (Å²) < 4.78 is 3.38. The number of nitrogens with one attached hydrogen (secondary N) is 2. The smallest absolute Gasteiger partial charge is 0.255 e. The van der Waals surface area contributed by atoms with Crippen molar-refractivity contribution in [1.29, 1.82) is 0 Å². The minimum atomic E-state index is -0.232. The van der Waals surface area contributed by atoms with Gasteiger partial charge in [0.1, 0.15) is 6.54 Å². The van der Waals surface area contributed by atoms with Crippen LogP contribution in [0.25, 0.3) is 0 Å². The maximum atomic E-state index is 12.5. The predicted molar refractivity (Wildman–Crippen MR) is 101 cm³/mol. The Morgan fingerprint density at radius 3 is 2.70 bits per heavy atom. The Morgan fingerprint density at radius 1 is 1.19 bits per heavy atom. The number of rotatable bonds is 6. The number of benzene rings is 1. The van der Waals surface area contributed by atoms with Gasteiger partial charge in [0, 0.05) is 24.5 Å². The zero-order chi connectivity index (χ0) is 19.4. The van der Waals surface area contributed by atoms with E-state index in [2.05, 4.69) is 20.8 Å². The molecule has 2 amide bonds. The van der Waals surface area contributed by atoms with Gasteiger partial charge in [-0.3, -0.25) is 19.0 Å². The summed E-state index contributed by atoms with van der Waals surface area (Å²) >= 11 is 0. The van der Waals surface area contributed by atoms with Crippen LogP contribution >= 0.6 is 0 Å². The van der Waals surface area contributed by atoms with E-state index in [1.54, 1.807) is 19.3 Å². The first-order valence-corrected chi connectivity index (χ1v) is 8.59. The molecule has 2 aromatic heterocycles. The number of anilines is 1. The van der Waals surface area contributed by atoms with Crippen molar-refractivity contribution in [3.63, 3.8) is 0 Å². The molecule has 2 N–H and O–H groups in total. The van der Waals surface area contributed by atoms with Crippen molar-refractivity contribution in [3.05, 3.63) is 65.2 Å². The van der Waals surface area contributed by atoms with E-state index >= 15 is 0 Å². The van der Waals surface area contributed by atoms with Gasteiger partial charge in [-0.2, -0.15) is 10.2 Å². The molecule has 2 heterocycles. The monoisotopic (exact) mass is 366 g/mol. The van der Waals surface area contributed by atoms with Gasteiger partial charge in [-0.05, 0) is 37.6 Å². The van der Waals surface area contributed by atoms with E-state index in [4.69, 9.17) is 0 Å². The number of carbonyl (C=O) groups is 2. The fourth-order valence-corrected chi connectivity index (χ4v) is 2.76. The Labute approximate surface area is 157 Å². The Bertz CT molecular complexity index is 972. The maximum Gasteiger partial charge on any atom is 0.255 e. The van der Waals surface area contributed by atoms with Crippen LogP contribution < -0.4 is 10.6 Å². The molecule has 8 heteroatoms. The fraction of sp³-hybridized carbons (Fsp3) is 0.263. The first-order valence-electron chi connectivity index (χ1n) is 8.59. The third-order valence-electron chi connectivity index (χ3n) is 4.10. The molecule has 140 valence electrons. The second-order valence-corrected chi connectivity index (χ2v) is 6.34. The Morgan fingerprint density at radius 2 is 2.00 bits per heavy atom. The lowest BCUT2D eigenvalue weighted by molar-refractivity contribution is -0.121. The number of aryl methyl sites for hydroxylation is 2. The summed E-state index contributed by atoms with van der Waals surface area (Å²) in [4.78, 5) is 23.9. The SMILES string of the molecule is CNC(=O)Cn1cc(NC(=O)c2cccc(Cn3nc(C)cc3C)c2)cn1. The number of hydrogen-bond donors (Lipinski definition) is 2. The zero-order valence-electron chi connectivity index (χ0n) is 15.6. The highest BCUT2D eigenvalue weighted by atomic mass is 16.2. The average Bonchev–Trinajstić information content (AvgIpc) is 3.20. The minimum Gasteiger partial charge on any atom is -0.358 e.